The van der Waals surface area contributed by atoms with Crippen LogP contribution in [0, 0.1) is 0 Å². The standard InChI is InChI=1S/C17H30O4/c1-3-5-7-8-9-11-13-15(17(20)21)14(16(18)19)12-10-6-4-2/h3-13H2,1-2H3,(H,18,19)(H,20,21). The maximum atomic E-state index is 11.3. The van der Waals surface area contributed by atoms with Crippen molar-refractivity contribution >= 4 is 11.9 Å². The predicted octanol–water partition coefficient (Wildman–Crippen LogP) is 4.78. The van der Waals surface area contributed by atoms with Crippen molar-refractivity contribution in [3.63, 3.8) is 0 Å². The molecule has 0 spiro atoms. The number of carbonyl (C=O) groups is 2. The largest absolute Gasteiger partial charge is 0.478 e. The van der Waals surface area contributed by atoms with Gasteiger partial charge in [-0.25, -0.2) is 9.59 Å². The van der Waals surface area contributed by atoms with Gasteiger partial charge in [-0.05, 0) is 25.7 Å². The third-order valence-electron chi connectivity index (χ3n) is 3.69. The van der Waals surface area contributed by atoms with E-state index in [1.165, 1.54) is 19.3 Å². The van der Waals surface area contributed by atoms with Crippen LogP contribution in [0.5, 0.6) is 0 Å². The summed E-state index contributed by atoms with van der Waals surface area (Å²) >= 11 is 0. The Hall–Kier alpha value is -1.32. The van der Waals surface area contributed by atoms with Crippen LogP contribution < -0.4 is 0 Å². The fourth-order valence-corrected chi connectivity index (χ4v) is 2.41. The van der Waals surface area contributed by atoms with Gasteiger partial charge in [0.05, 0.1) is 0 Å². The third-order valence-corrected chi connectivity index (χ3v) is 3.69. The number of unbranched alkanes of at least 4 members (excludes halogenated alkanes) is 7. The molecule has 0 amide bonds. The lowest BCUT2D eigenvalue weighted by atomic mass is 9.97. The molecule has 0 saturated heterocycles. The molecule has 21 heavy (non-hydrogen) atoms. The van der Waals surface area contributed by atoms with Crippen LogP contribution in [0.3, 0.4) is 0 Å². The van der Waals surface area contributed by atoms with E-state index in [0.29, 0.717) is 12.8 Å². The van der Waals surface area contributed by atoms with Crippen LogP contribution in [0.4, 0.5) is 0 Å². The zero-order valence-electron chi connectivity index (χ0n) is 13.5. The van der Waals surface area contributed by atoms with Crippen LogP contribution in [0.2, 0.25) is 0 Å². The topological polar surface area (TPSA) is 74.6 Å². The summed E-state index contributed by atoms with van der Waals surface area (Å²) in [4.78, 5) is 22.6. The van der Waals surface area contributed by atoms with Crippen molar-refractivity contribution in [1.29, 1.82) is 0 Å². The molecular weight excluding hydrogens is 268 g/mol. The zero-order valence-corrected chi connectivity index (χ0v) is 13.5. The second-order valence-electron chi connectivity index (χ2n) is 5.54. The van der Waals surface area contributed by atoms with Crippen LogP contribution in [-0.4, -0.2) is 22.2 Å². The van der Waals surface area contributed by atoms with Crippen LogP contribution in [0.25, 0.3) is 0 Å². The normalized spacial score (nSPS) is 12.1. The molecule has 0 fully saturated rings. The Morgan fingerprint density at radius 1 is 0.619 bits per heavy atom. The Morgan fingerprint density at radius 3 is 1.38 bits per heavy atom. The van der Waals surface area contributed by atoms with Crippen LogP contribution in [0.15, 0.2) is 11.1 Å². The minimum absolute atomic E-state index is 0.101. The molecule has 0 heterocycles. The van der Waals surface area contributed by atoms with Gasteiger partial charge < -0.3 is 10.2 Å². The summed E-state index contributed by atoms with van der Waals surface area (Å²) in [5.41, 5.74) is 0.207. The molecule has 0 saturated carbocycles. The lowest BCUT2D eigenvalue weighted by Crippen LogP contribution is -2.12. The second kappa shape index (κ2) is 12.4. The lowest BCUT2D eigenvalue weighted by molar-refractivity contribution is -0.136. The highest BCUT2D eigenvalue weighted by atomic mass is 16.4. The van der Waals surface area contributed by atoms with Crippen molar-refractivity contribution in [3.05, 3.63) is 11.1 Å². The first-order valence-corrected chi connectivity index (χ1v) is 8.23. The highest BCUT2D eigenvalue weighted by Gasteiger charge is 2.19. The van der Waals surface area contributed by atoms with Gasteiger partial charge in [-0.3, -0.25) is 0 Å². The lowest BCUT2D eigenvalue weighted by Gasteiger charge is -2.09. The minimum atomic E-state index is -1.07. The van der Waals surface area contributed by atoms with Crippen molar-refractivity contribution in [2.75, 3.05) is 0 Å². The summed E-state index contributed by atoms with van der Waals surface area (Å²) in [5.74, 6) is -2.15. The number of carboxylic acid groups (broad SMARTS) is 2. The van der Waals surface area contributed by atoms with E-state index in [1.54, 1.807) is 0 Å². The zero-order chi connectivity index (χ0) is 16.1. The molecular formula is C17H30O4. The first-order valence-electron chi connectivity index (χ1n) is 8.23. The van der Waals surface area contributed by atoms with Gasteiger partial charge in [-0.2, -0.15) is 0 Å². The van der Waals surface area contributed by atoms with Crippen LogP contribution >= 0.6 is 0 Å². The predicted molar refractivity (Wildman–Crippen MR) is 84.4 cm³/mol. The summed E-state index contributed by atoms with van der Waals surface area (Å²) in [7, 11) is 0. The van der Waals surface area contributed by atoms with E-state index < -0.39 is 11.9 Å². The van der Waals surface area contributed by atoms with Gasteiger partial charge >= 0.3 is 11.9 Å². The molecule has 0 rings (SSSR count). The van der Waals surface area contributed by atoms with Gasteiger partial charge in [0.1, 0.15) is 0 Å². The summed E-state index contributed by atoms with van der Waals surface area (Å²) in [6, 6.07) is 0. The average Bonchev–Trinajstić information content (AvgIpc) is 2.43. The van der Waals surface area contributed by atoms with Crippen molar-refractivity contribution in [2.24, 2.45) is 0 Å². The van der Waals surface area contributed by atoms with Gasteiger partial charge in [0.2, 0.25) is 0 Å². The van der Waals surface area contributed by atoms with E-state index in [1.807, 2.05) is 6.92 Å². The molecule has 0 unspecified atom stereocenters. The maximum Gasteiger partial charge on any atom is 0.332 e. The Balaban J connectivity index is 4.52. The first-order chi connectivity index (χ1) is 10.0. The Morgan fingerprint density at radius 2 is 0.952 bits per heavy atom. The van der Waals surface area contributed by atoms with E-state index in [2.05, 4.69) is 6.92 Å². The van der Waals surface area contributed by atoms with Gasteiger partial charge in [-0.1, -0.05) is 58.8 Å². The fraction of sp³-hybridized carbons (Fsp3) is 0.765. The summed E-state index contributed by atoms with van der Waals surface area (Å²) < 4.78 is 0. The second-order valence-corrected chi connectivity index (χ2v) is 5.54. The number of rotatable bonds is 13. The minimum Gasteiger partial charge on any atom is -0.478 e. The van der Waals surface area contributed by atoms with Gasteiger partial charge in [-0.15, -0.1) is 0 Å². The monoisotopic (exact) mass is 298 g/mol. The van der Waals surface area contributed by atoms with Crippen molar-refractivity contribution in [1.82, 2.24) is 0 Å². The summed E-state index contributed by atoms with van der Waals surface area (Å²) in [6.45, 7) is 4.19. The van der Waals surface area contributed by atoms with E-state index in [4.69, 9.17) is 0 Å². The highest BCUT2D eigenvalue weighted by molar-refractivity contribution is 5.98. The highest BCUT2D eigenvalue weighted by Crippen LogP contribution is 2.20. The average molecular weight is 298 g/mol. The van der Waals surface area contributed by atoms with E-state index in [9.17, 15) is 19.8 Å². The Kier molecular flexibility index (Phi) is 11.6. The van der Waals surface area contributed by atoms with Gasteiger partial charge in [0.15, 0.2) is 0 Å². The van der Waals surface area contributed by atoms with E-state index in [0.717, 1.165) is 38.5 Å². The summed E-state index contributed by atoms with van der Waals surface area (Å²) in [5, 5.41) is 18.5. The number of carboxylic acids is 2. The van der Waals surface area contributed by atoms with Gasteiger partial charge in [0, 0.05) is 11.1 Å². The molecule has 4 nitrogen and oxygen atoms in total. The van der Waals surface area contributed by atoms with Crippen molar-refractivity contribution < 1.29 is 19.8 Å². The number of hydrogen-bond acceptors (Lipinski definition) is 2. The molecule has 0 aromatic heterocycles. The molecule has 0 aromatic carbocycles. The molecule has 0 aliphatic rings. The van der Waals surface area contributed by atoms with Gasteiger partial charge in [0.25, 0.3) is 0 Å². The van der Waals surface area contributed by atoms with E-state index in [-0.39, 0.29) is 11.1 Å². The first kappa shape index (κ1) is 19.7. The maximum absolute atomic E-state index is 11.3. The molecule has 2 N–H and O–H groups in total. The molecule has 4 heteroatoms. The summed E-state index contributed by atoms with van der Waals surface area (Å²) in [6.07, 6.45) is 9.78. The molecule has 0 aliphatic carbocycles. The fourth-order valence-electron chi connectivity index (χ4n) is 2.41. The smallest absolute Gasteiger partial charge is 0.332 e. The molecule has 122 valence electrons. The Bertz CT molecular complexity index is 345. The number of hydrogen-bond donors (Lipinski definition) is 2. The van der Waals surface area contributed by atoms with Crippen molar-refractivity contribution in [3.8, 4) is 0 Å². The molecule has 0 aliphatic heterocycles. The Labute approximate surface area is 128 Å². The molecule has 0 bridgehead atoms. The van der Waals surface area contributed by atoms with Crippen LogP contribution in [-0.2, 0) is 9.59 Å². The SMILES string of the molecule is CCCCCCCCC(C(=O)O)=C(CCCCC)C(=O)O. The third kappa shape index (κ3) is 9.27. The number of aliphatic carboxylic acids is 2. The van der Waals surface area contributed by atoms with Crippen LogP contribution in [0.1, 0.15) is 84.5 Å². The van der Waals surface area contributed by atoms with E-state index >= 15 is 0 Å². The molecule has 0 aromatic rings. The van der Waals surface area contributed by atoms with Crippen molar-refractivity contribution in [2.45, 2.75) is 84.5 Å². The molecule has 0 radical (unpaired) electrons. The molecule has 0 atom stereocenters. The quantitative estimate of drug-likeness (QED) is 0.379.